The van der Waals surface area contributed by atoms with Gasteiger partial charge in [0.05, 0.1) is 11.4 Å². The van der Waals surface area contributed by atoms with Gasteiger partial charge in [-0.25, -0.2) is 4.39 Å². The zero-order valence-corrected chi connectivity index (χ0v) is 20.5. The Bertz CT molecular complexity index is 1440. The quantitative estimate of drug-likeness (QED) is 0.410. The van der Waals surface area contributed by atoms with Gasteiger partial charge in [0.15, 0.2) is 0 Å². The molecule has 8 heteroatoms. The summed E-state index contributed by atoms with van der Waals surface area (Å²) in [6, 6.07) is 17.5. The van der Waals surface area contributed by atoms with Crippen molar-refractivity contribution in [3.8, 4) is 5.69 Å². The Morgan fingerprint density at radius 3 is 2.51 bits per heavy atom. The molecule has 1 amide bonds. The summed E-state index contributed by atoms with van der Waals surface area (Å²) in [5.41, 5.74) is 2.36. The molecular formula is C27H27FN4O2S. The molecule has 180 valence electrons. The van der Waals surface area contributed by atoms with Crippen molar-refractivity contribution in [2.45, 2.75) is 25.8 Å². The van der Waals surface area contributed by atoms with Crippen LogP contribution in [-0.2, 0) is 0 Å². The Morgan fingerprint density at radius 1 is 1.06 bits per heavy atom. The van der Waals surface area contributed by atoms with E-state index in [2.05, 4.69) is 22.6 Å². The molecule has 5 rings (SSSR count). The number of carbonyl (C=O) groups is 1. The van der Waals surface area contributed by atoms with Gasteiger partial charge in [-0.15, -0.1) is 11.3 Å². The monoisotopic (exact) mass is 490 g/mol. The van der Waals surface area contributed by atoms with Gasteiger partial charge in [0.1, 0.15) is 15.5 Å². The number of thiophene rings is 1. The lowest BCUT2D eigenvalue weighted by atomic mass is 10.1. The van der Waals surface area contributed by atoms with Crippen molar-refractivity contribution in [2.75, 3.05) is 25.5 Å². The van der Waals surface area contributed by atoms with Gasteiger partial charge in [-0.05, 0) is 81.9 Å². The number of hydrogen-bond acceptors (Lipinski definition) is 5. The highest BCUT2D eigenvalue weighted by atomic mass is 32.1. The van der Waals surface area contributed by atoms with Gasteiger partial charge < -0.3 is 15.5 Å². The normalized spacial score (nSPS) is 14.8. The smallest absolute Gasteiger partial charge is 0.263 e. The number of halogens is 1. The lowest BCUT2D eigenvalue weighted by Crippen LogP contribution is -2.43. The average molecular weight is 491 g/mol. The van der Waals surface area contributed by atoms with Gasteiger partial charge in [-0.2, -0.15) is 0 Å². The zero-order valence-electron chi connectivity index (χ0n) is 19.7. The van der Waals surface area contributed by atoms with Crippen LogP contribution >= 0.6 is 11.3 Å². The topological polar surface area (TPSA) is 66.4 Å². The average Bonchev–Trinajstić information content (AvgIpc) is 3.21. The summed E-state index contributed by atoms with van der Waals surface area (Å²) in [5.74, 6) is -0.460. The molecule has 0 aliphatic carbocycles. The summed E-state index contributed by atoms with van der Waals surface area (Å²) < 4.78 is 15.5. The molecule has 2 N–H and O–H groups in total. The molecule has 1 aliphatic heterocycles. The Balaban J connectivity index is 1.62. The number of rotatable bonds is 5. The number of aryl methyl sites for hydroxylation is 1. The maximum Gasteiger partial charge on any atom is 0.263 e. The standard InChI is InChI=1S/C27H27FN4O2S/c1-17-16-19(8-10-22(17)28)29-24-21-9-11-23(33)32(20-6-4-3-5-7-20)27(21)35-25(24)26(34)30-18-12-14-31(2)15-13-18/h3-11,16,18,29H,12-15H2,1-2H3,(H,30,34). The second kappa shape index (κ2) is 9.64. The Morgan fingerprint density at radius 2 is 1.80 bits per heavy atom. The number of nitrogens with zero attached hydrogens (tertiary/aromatic N) is 2. The third-order valence-corrected chi connectivity index (χ3v) is 7.63. The number of piperidine rings is 1. The number of benzene rings is 2. The lowest BCUT2D eigenvalue weighted by Gasteiger charge is -2.29. The van der Waals surface area contributed by atoms with E-state index in [1.54, 1.807) is 29.7 Å². The molecule has 4 aromatic rings. The summed E-state index contributed by atoms with van der Waals surface area (Å²) in [5, 5.41) is 7.30. The van der Waals surface area contributed by atoms with Crippen LogP contribution in [0.5, 0.6) is 0 Å². The minimum atomic E-state index is -0.288. The molecule has 2 aromatic carbocycles. The number of aromatic nitrogens is 1. The largest absolute Gasteiger partial charge is 0.354 e. The molecule has 3 heterocycles. The number of carbonyl (C=O) groups excluding carboxylic acids is 1. The van der Waals surface area contributed by atoms with E-state index in [9.17, 15) is 14.0 Å². The van der Waals surface area contributed by atoms with Crippen molar-refractivity contribution in [1.29, 1.82) is 0 Å². The Kier molecular flexibility index (Phi) is 6.40. The van der Waals surface area contributed by atoms with Crippen molar-refractivity contribution >= 4 is 38.8 Å². The van der Waals surface area contributed by atoms with Gasteiger partial charge in [0.2, 0.25) is 0 Å². The molecule has 6 nitrogen and oxygen atoms in total. The summed E-state index contributed by atoms with van der Waals surface area (Å²) in [7, 11) is 2.08. The first-order valence-electron chi connectivity index (χ1n) is 11.7. The van der Waals surface area contributed by atoms with E-state index in [-0.39, 0.29) is 23.3 Å². The first-order valence-corrected chi connectivity index (χ1v) is 12.5. The van der Waals surface area contributed by atoms with Crippen LogP contribution < -0.4 is 16.2 Å². The van der Waals surface area contributed by atoms with Crippen LogP contribution in [0.2, 0.25) is 0 Å². The zero-order chi connectivity index (χ0) is 24.5. The number of hydrogen-bond donors (Lipinski definition) is 2. The van der Waals surface area contributed by atoms with Crippen LogP contribution in [0.1, 0.15) is 28.1 Å². The highest BCUT2D eigenvalue weighted by Crippen LogP contribution is 2.38. The van der Waals surface area contributed by atoms with E-state index < -0.39 is 0 Å². The molecule has 1 fully saturated rings. The number of fused-ring (bicyclic) bond motifs is 1. The number of para-hydroxylation sites is 1. The second-order valence-electron chi connectivity index (χ2n) is 9.01. The fraction of sp³-hybridized carbons (Fsp3) is 0.259. The van der Waals surface area contributed by atoms with E-state index in [4.69, 9.17) is 0 Å². The van der Waals surface area contributed by atoms with E-state index in [1.165, 1.54) is 23.5 Å². The molecule has 2 aromatic heterocycles. The van der Waals surface area contributed by atoms with Gasteiger partial charge in [0.25, 0.3) is 11.5 Å². The predicted molar refractivity (Wildman–Crippen MR) is 140 cm³/mol. The maximum absolute atomic E-state index is 13.9. The number of pyridine rings is 1. The fourth-order valence-corrected chi connectivity index (χ4v) is 5.63. The van der Waals surface area contributed by atoms with Crippen LogP contribution in [0.4, 0.5) is 15.8 Å². The van der Waals surface area contributed by atoms with Crippen LogP contribution in [-0.4, -0.2) is 41.6 Å². The first kappa shape index (κ1) is 23.3. The number of nitrogens with one attached hydrogen (secondary N) is 2. The minimum Gasteiger partial charge on any atom is -0.354 e. The van der Waals surface area contributed by atoms with E-state index in [0.29, 0.717) is 26.6 Å². The van der Waals surface area contributed by atoms with Crippen LogP contribution in [0.25, 0.3) is 15.9 Å². The SMILES string of the molecule is Cc1cc(Nc2c(C(=O)NC3CCN(C)CC3)sc3c2ccc(=O)n3-c2ccccc2)ccc1F. The van der Waals surface area contributed by atoms with Crippen LogP contribution in [0, 0.1) is 12.7 Å². The van der Waals surface area contributed by atoms with Crippen molar-refractivity contribution in [1.82, 2.24) is 14.8 Å². The van der Waals surface area contributed by atoms with E-state index in [1.807, 2.05) is 30.3 Å². The van der Waals surface area contributed by atoms with Crippen molar-refractivity contribution < 1.29 is 9.18 Å². The van der Waals surface area contributed by atoms with Crippen LogP contribution in [0.15, 0.2) is 65.5 Å². The summed E-state index contributed by atoms with van der Waals surface area (Å²) in [6.07, 6.45) is 1.78. The third-order valence-electron chi connectivity index (χ3n) is 6.44. The van der Waals surface area contributed by atoms with Crippen molar-refractivity contribution in [3.63, 3.8) is 0 Å². The molecule has 0 atom stereocenters. The van der Waals surface area contributed by atoms with E-state index in [0.717, 1.165) is 37.0 Å². The summed E-state index contributed by atoms with van der Waals surface area (Å²) in [4.78, 5) is 29.9. The molecule has 0 radical (unpaired) electrons. The fourth-order valence-electron chi connectivity index (χ4n) is 4.46. The number of likely N-dealkylation sites (tertiary alicyclic amines) is 1. The van der Waals surface area contributed by atoms with Crippen molar-refractivity contribution in [2.24, 2.45) is 0 Å². The highest BCUT2D eigenvalue weighted by molar-refractivity contribution is 7.21. The van der Waals surface area contributed by atoms with Crippen molar-refractivity contribution in [3.05, 3.63) is 87.3 Å². The number of anilines is 2. The molecule has 0 spiro atoms. The Hall–Kier alpha value is -3.49. The molecule has 35 heavy (non-hydrogen) atoms. The molecule has 1 aliphatic rings. The highest BCUT2D eigenvalue weighted by Gasteiger charge is 2.25. The van der Waals surface area contributed by atoms with Crippen LogP contribution in [0.3, 0.4) is 0 Å². The van der Waals surface area contributed by atoms with Gasteiger partial charge in [-0.1, -0.05) is 18.2 Å². The van der Waals surface area contributed by atoms with E-state index >= 15 is 0 Å². The molecule has 0 saturated carbocycles. The predicted octanol–water partition coefficient (Wildman–Crippen LogP) is 5.07. The minimum absolute atomic E-state index is 0.0983. The van der Waals surface area contributed by atoms with Gasteiger partial charge in [-0.3, -0.25) is 14.2 Å². The second-order valence-corrected chi connectivity index (χ2v) is 10.0. The molecular weight excluding hydrogens is 463 g/mol. The third kappa shape index (κ3) is 4.72. The van der Waals surface area contributed by atoms with Gasteiger partial charge in [0, 0.05) is 23.2 Å². The molecule has 1 saturated heterocycles. The molecule has 0 bridgehead atoms. The maximum atomic E-state index is 13.9. The Labute approximate surface area is 207 Å². The number of amides is 1. The van der Waals surface area contributed by atoms with Gasteiger partial charge >= 0.3 is 0 Å². The first-order chi connectivity index (χ1) is 16.9. The molecule has 0 unspecified atom stereocenters. The lowest BCUT2D eigenvalue weighted by molar-refractivity contribution is 0.0922. The summed E-state index contributed by atoms with van der Waals surface area (Å²) in [6.45, 7) is 3.57. The summed E-state index contributed by atoms with van der Waals surface area (Å²) >= 11 is 1.29.